The molecular formula is C6H7BF3O4-. The molecule has 0 spiro atoms. The Labute approximate surface area is 77.4 Å². The van der Waals surface area contributed by atoms with Gasteiger partial charge in [-0.2, -0.15) is 0 Å². The molecule has 0 atom stereocenters. The summed E-state index contributed by atoms with van der Waals surface area (Å²) < 4.78 is 44.8. The maximum absolute atomic E-state index is 13.4. The molecular weight excluding hydrogens is 204 g/mol. The molecule has 1 aliphatic rings. The van der Waals surface area contributed by atoms with Gasteiger partial charge < -0.3 is 17.9 Å². The lowest BCUT2D eigenvalue weighted by molar-refractivity contribution is -0.179. The summed E-state index contributed by atoms with van der Waals surface area (Å²) in [4.78, 5) is 21.5. The van der Waals surface area contributed by atoms with Crippen molar-refractivity contribution in [3.63, 3.8) is 0 Å². The van der Waals surface area contributed by atoms with Gasteiger partial charge in [0.05, 0.1) is 0 Å². The molecule has 1 saturated heterocycles. The summed E-state index contributed by atoms with van der Waals surface area (Å²) in [5, 5.41) is 0. The number of hydrogen-bond donors (Lipinski definition) is 0. The van der Waals surface area contributed by atoms with Crippen molar-refractivity contribution in [1.29, 1.82) is 0 Å². The molecule has 0 saturated carbocycles. The fourth-order valence-electron chi connectivity index (χ4n) is 1.09. The average molecular weight is 211 g/mol. The van der Waals surface area contributed by atoms with Crippen LogP contribution in [0.1, 0.15) is 19.8 Å². The molecule has 0 amide bonds. The van der Waals surface area contributed by atoms with Gasteiger partial charge in [-0.3, -0.25) is 9.59 Å². The van der Waals surface area contributed by atoms with Crippen LogP contribution in [-0.2, 0) is 18.9 Å². The van der Waals surface area contributed by atoms with Crippen molar-refractivity contribution < 1.29 is 31.9 Å². The van der Waals surface area contributed by atoms with Gasteiger partial charge in [-0.1, -0.05) is 13.3 Å². The Kier molecular flexibility index (Phi) is 2.47. The van der Waals surface area contributed by atoms with Crippen LogP contribution in [-0.4, -0.2) is 24.7 Å². The number of carbonyl (C=O) groups excluding carboxylic acids is 2. The second-order valence-corrected chi connectivity index (χ2v) is 2.90. The highest BCUT2D eigenvalue weighted by Crippen LogP contribution is 2.31. The van der Waals surface area contributed by atoms with Gasteiger partial charge in [-0.25, -0.2) is 4.39 Å². The van der Waals surface area contributed by atoms with Crippen LogP contribution < -0.4 is 0 Å². The molecule has 0 N–H and O–H groups in total. The van der Waals surface area contributed by atoms with Crippen molar-refractivity contribution in [3.05, 3.63) is 0 Å². The van der Waals surface area contributed by atoms with Crippen LogP contribution in [0.4, 0.5) is 13.0 Å². The van der Waals surface area contributed by atoms with Crippen LogP contribution in [0.5, 0.6) is 0 Å². The molecule has 80 valence electrons. The molecule has 1 heterocycles. The molecule has 0 unspecified atom stereocenters. The van der Waals surface area contributed by atoms with Crippen molar-refractivity contribution in [1.82, 2.24) is 0 Å². The van der Waals surface area contributed by atoms with E-state index in [4.69, 9.17) is 0 Å². The zero-order valence-electron chi connectivity index (χ0n) is 7.26. The zero-order chi connectivity index (χ0) is 11.0. The van der Waals surface area contributed by atoms with E-state index in [1.807, 2.05) is 0 Å². The number of carbonyl (C=O) groups is 2. The summed E-state index contributed by atoms with van der Waals surface area (Å²) in [6.07, 6.45) is -0.407. The van der Waals surface area contributed by atoms with Crippen molar-refractivity contribution in [2.24, 2.45) is 0 Å². The molecule has 0 radical (unpaired) electrons. The van der Waals surface area contributed by atoms with Gasteiger partial charge in [0.2, 0.25) is 0 Å². The molecule has 0 aromatic rings. The summed E-state index contributed by atoms with van der Waals surface area (Å²) in [6.45, 7) is 1.49. The SMILES string of the molecule is CCCC1(F)C(=O)O[B-](F)(F)OC1=O. The van der Waals surface area contributed by atoms with Crippen molar-refractivity contribution in [3.8, 4) is 0 Å². The third-order valence-electron chi connectivity index (χ3n) is 1.73. The summed E-state index contributed by atoms with van der Waals surface area (Å²) in [6, 6.07) is 0. The second kappa shape index (κ2) is 3.18. The average Bonchev–Trinajstić information content (AvgIpc) is 2.00. The van der Waals surface area contributed by atoms with Crippen LogP contribution in [0.2, 0.25) is 0 Å². The van der Waals surface area contributed by atoms with E-state index >= 15 is 0 Å². The smallest absolute Gasteiger partial charge is 0.598 e. The molecule has 0 aliphatic carbocycles. The van der Waals surface area contributed by atoms with E-state index in [9.17, 15) is 22.6 Å². The molecule has 1 aliphatic heterocycles. The first-order valence-corrected chi connectivity index (χ1v) is 3.97. The van der Waals surface area contributed by atoms with E-state index < -0.39 is 31.1 Å². The van der Waals surface area contributed by atoms with Crippen LogP contribution in [0, 0.1) is 0 Å². The largest absolute Gasteiger partial charge is 0.729 e. The Morgan fingerprint density at radius 3 is 2.07 bits per heavy atom. The van der Waals surface area contributed by atoms with Gasteiger partial charge in [0, 0.05) is 6.42 Å². The van der Waals surface area contributed by atoms with E-state index in [1.165, 1.54) is 6.92 Å². The number of halogens is 3. The Morgan fingerprint density at radius 2 is 1.71 bits per heavy atom. The molecule has 4 nitrogen and oxygen atoms in total. The minimum Gasteiger partial charge on any atom is -0.598 e. The number of rotatable bonds is 2. The third-order valence-corrected chi connectivity index (χ3v) is 1.73. The van der Waals surface area contributed by atoms with Crippen LogP contribution in [0.15, 0.2) is 0 Å². The van der Waals surface area contributed by atoms with Crippen LogP contribution in [0.25, 0.3) is 0 Å². The topological polar surface area (TPSA) is 52.6 Å². The molecule has 1 fully saturated rings. The molecule has 8 heteroatoms. The first-order valence-electron chi connectivity index (χ1n) is 3.97. The molecule has 14 heavy (non-hydrogen) atoms. The quantitative estimate of drug-likeness (QED) is 0.504. The molecule has 0 aromatic carbocycles. The van der Waals surface area contributed by atoms with E-state index in [0.717, 1.165) is 0 Å². The Morgan fingerprint density at radius 1 is 1.29 bits per heavy atom. The predicted molar refractivity (Wildman–Crippen MR) is 38.9 cm³/mol. The monoisotopic (exact) mass is 211 g/mol. The third kappa shape index (κ3) is 1.68. The number of hydrogen-bond acceptors (Lipinski definition) is 4. The van der Waals surface area contributed by atoms with E-state index in [1.54, 1.807) is 0 Å². The highest BCUT2D eigenvalue weighted by molar-refractivity contribution is 6.58. The fourth-order valence-corrected chi connectivity index (χ4v) is 1.09. The first-order chi connectivity index (χ1) is 6.32. The van der Waals surface area contributed by atoms with Crippen molar-refractivity contribution in [2.75, 3.05) is 0 Å². The van der Waals surface area contributed by atoms with E-state index in [0.29, 0.717) is 0 Å². The van der Waals surface area contributed by atoms with Gasteiger partial charge in [-0.05, 0) is 0 Å². The lowest BCUT2D eigenvalue weighted by Crippen LogP contribution is -2.57. The van der Waals surface area contributed by atoms with E-state index in [2.05, 4.69) is 9.31 Å². The van der Waals surface area contributed by atoms with Gasteiger partial charge in [-0.15, -0.1) is 0 Å². The second-order valence-electron chi connectivity index (χ2n) is 2.90. The first kappa shape index (κ1) is 10.9. The highest BCUT2D eigenvalue weighted by atomic mass is 19.3. The Hall–Kier alpha value is -1.21. The van der Waals surface area contributed by atoms with Crippen LogP contribution >= 0.6 is 0 Å². The fraction of sp³-hybridized carbons (Fsp3) is 0.667. The van der Waals surface area contributed by atoms with Gasteiger partial charge in [0.25, 0.3) is 5.67 Å². The maximum atomic E-state index is 13.4. The van der Waals surface area contributed by atoms with Gasteiger partial charge in [0.15, 0.2) is 0 Å². The minimum absolute atomic E-state index is 0.124. The lowest BCUT2D eigenvalue weighted by atomic mass is 9.96. The summed E-state index contributed by atoms with van der Waals surface area (Å²) >= 11 is 0. The maximum Gasteiger partial charge on any atom is 0.729 e. The van der Waals surface area contributed by atoms with Crippen molar-refractivity contribution >= 4 is 19.0 Å². The standard InChI is InChI=1S/C6H7BF3O4/c1-2-3-6(8)4(11)13-7(9,10)14-5(6)12/h2-3H2,1H3/q-1. The van der Waals surface area contributed by atoms with Gasteiger partial charge >= 0.3 is 19.0 Å². The van der Waals surface area contributed by atoms with E-state index in [-0.39, 0.29) is 6.42 Å². The van der Waals surface area contributed by atoms with Crippen molar-refractivity contribution in [2.45, 2.75) is 25.4 Å². The summed E-state index contributed by atoms with van der Waals surface area (Å²) in [5.74, 6) is -3.75. The molecule has 0 bridgehead atoms. The molecule has 0 aromatic heterocycles. The zero-order valence-corrected chi connectivity index (χ0v) is 7.26. The van der Waals surface area contributed by atoms with Gasteiger partial charge in [0.1, 0.15) is 0 Å². The predicted octanol–water partition coefficient (Wildman–Crippen LogP) is 0.969. The Balaban J connectivity index is 2.91. The molecule has 1 rings (SSSR count). The number of alkyl halides is 1. The normalized spacial score (nSPS) is 24.0. The minimum atomic E-state index is -5.00. The summed E-state index contributed by atoms with van der Waals surface area (Å²) in [5.41, 5.74) is -3.09. The lowest BCUT2D eigenvalue weighted by Gasteiger charge is -2.37. The van der Waals surface area contributed by atoms with Crippen LogP contribution in [0.3, 0.4) is 0 Å². The summed E-state index contributed by atoms with van der Waals surface area (Å²) in [7, 11) is -5.00. The Bertz CT molecular complexity index is 260. The highest BCUT2D eigenvalue weighted by Gasteiger charge is 2.57.